The lowest BCUT2D eigenvalue weighted by Crippen LogP contribution is -2.34. The number of benzene rings is 2. The summed E-state index contributed by atoms with van der Waals surface area (Å²) in [5, 5.41) is 6.39. The van der Waals surface area contributed by atoms with Crippen molar-refractivity contribution in [1.82, 2.24) is 10.7 Å². The molecule has 0 spiro atoms. The van der Waals surface area contributed by atoms with Crippen LogP contribution in [0.5, 0.6) is 17.2 Å². The Morgan fingerprint density at radius 1 is 1.15 bits per heavy atom. The minimum Gasteiger partial charge on any atom is -0.494 e. The van der Waals surface area contributed by atoms with Gasteiger partial charge in [-0.15, -0.1) is 0 Å². The first-order chi connectivity index (χ1) is 13.2. The Hall–Kier alpha value is -3.55. The van der Waals surface area contributed by atoms with E-state index in [1.54, 1.807) is 42.5 Å². The van der Waals surface area contributed by atoms with Gasteiger partial charge in [-0.3, -0.25) is 9.59 Å². The molecule has 2 aromatic rings. The number of hydrogen-bond donors (Lipinski definition) is 2. The lowest BCUT2D eigenvalue weighted by atomic mass is 10.2. The number of carbonyl (C=O) groups is 2. The van der Waals surface area contributed by atoms with Gasteiger partial charge >= 0.3 is 0 Å². The summed E-state index contributed by atoms with van der Waals surface area (Å²) in [5.74, 6) is 1.20. The van der Waals surface area contributed by atoms with E-state index < -0.39 is 5.91 Å². The number of fused-ring (bicyclic) bond motifs is 1. The van der Waals surface area contributed by atoms with Crippen molar-refractivity contribution >= 4 is 18.0 Å². The van der Waals surface area contributed by atoms with Crippen LogP contribution in [0.3, 0.4) is 0 Å². The topological polar surface area (TPSA) is 98.2 Å². The fourth-order valence-corrected chi connectivity index (χ4v) is 2.34. The molecule has 2 aromatic carbocycles. The zero-order chi connectivity index (χ0) is 19.1. The van der Waals surface area contributed by atoms with Crippen molar-refractivity contribution in [2.45, 2.75) is 6.92 Å². The zero-order valence-corrected chi connectivity index (χ0v) is 14.7. The summed E-state index contributed by atoms with van der Waals surface area (Å²) in [6, 6.07) is 12.0. The lowest BCUT2D eigenvalue weighted by Gasteiger charge is -2.06. The second-order valence-corrected chi connectivity index (χ2v) is 5.55. The van der Waals surface area contributed by atoms with Crippen LogP contribution in [-0.4, -0.2) is 38.0 Å². The van der Waals surface area contributed by atoms with E-state index >= 15 is 0 Å². The number of rotatable bonds is 7. The highest BCUT2D eigenvalue weighted by Crippen LogP contribution is 2.31. The van der Waals surface area contributed by atoms with Crippen molar-refractivity contribution in [2.24, 2.45) is 5.10 Å². The minimum absolute atomic E-state index is 0.190. The van der Waals surface area contributed by atoms with E-state index in [9.17, 15) is 9.59 Å². The van der Waals surface area contributed by atoms with Gasteiger partial charge in [0.2, 0.25) is 6.79 Å². The number of nitrogens with one attached hydrogen (secondary N) is 2. The quantitative estimate of drug-likeness (QED) is 0.572. The monoisotopic (exact) mass is 369 g/mol. The first-order valence-electron chi connectivity index (χ1n) is 8.38. The Labute approximate surface area is 156 Å². The molecule has 1 heterocycles. The van der Waals surface area contributed by atoms with E-state index in [0.717, 1.165) is 5.56 Å². The molecular formula is C19H19N3O5. The van der Waals surface area contributed by atoms with Crippen molar-refractivity contribution in [1.29, 1.82) is 0 Å². The number of amides is 2. The molecule has 0 unspecified atom stereocenters. The molecule has 0 atom stereocenters. The second-order valence-electron chi connectivity index (χ2n) is 5.55. The second kappa shape index (κ2) is 8.70. The molecule has 0 radical (unpaired) electrons. The van der Waals surface area contributed by atoms with Crippen molar-refractivity contribution in [3.05, 3.63) is 53.6 Å². The molecule has 8 heteroatoms. The maximum absolute atomic E-state index is 12.0. The predicted octanol–water partition coefficient (Wildman–Crippen LogP) is 1.69. The van der Waals surface area contributed by atoms with Crippen LogP contribution < -0.4 is 25.0 Å². The van der Waals surface area contributed by atoms with Gasteiger partial charge in [0.15, 0.2) is 11.5 Å². The highest BCUT2D eigenvalue weighted by atomic mass is 16.7. The number of hydrazone groups is 1. The molecule has 27 heavy (non-hydrogen) atoms. The minimum atomic E-state index is -0.439. The largest absolute Gasteiger partial charge is 0.494 e. The Kier molecular flexibility index (Phi) is 5.88. The fourth-order valence-electron chi connectivity index (χ4n) is 2.34. The van der Waals surface area contributed by atoms with E-state index in [1.807, 2.05) is 6.92 Å². The van der Waals surface area contributed by atoms with E-state index in [1.165, 1.54) is 6.21 Å². The number of nitrogens with zero attached hydrogens (tertiary/aromatic N) is 1. The highest BCUT2D eigenvalue weighted by molar-refractivity contribution is 5.96. The standard InChI is InChI=1S/C19H19N3O5/c1-2-25-15-6-4-14(5-7-15)19(24)20-11-18(23)22-21-10-13-3-8-16-17(9-13)27-12-26-16/h3-10H,2,11-12H2,1H3,(H,20,24)(H,22,23)/b21-10-. The van der Waals surface area contributed by atoms with Crippen LogP contribution >= 0.6 is 0 Å². The van der Waals surface area contributed by atoms with Gasteiger partial charge in [-0.2, -0.15) is 5.10 Å². The van der Waals surface area contributed by atoms with Gasteiger partial charge in [-0.25, -0.2) is 5.43 Å². The van der Waals surface area contributed by atoms with Crippen LogP contribution in [0.2, 0.25) is 0 Å². The molecule has 1 aliphatic heterocycles. The van der Waals surface area contributed by atoms with Crippen LogP contribution in [0.1, 0.15) is 22.8 Å². The van der Waals surface area contributed by atoms with Gasteiger partial charge < -0.3 is 19.5 Å². The molecule has 0 aromatic heterocycles. The Morgan fingerprint density at radius 2 is 1.93 bits per heavy atom. The van der Waals surface area contributed by atoms with E-state index in [2.05, 4.69) is 15.8 Å². The molecule has 0 bridgehead atoms. The van der Waals surface area contributed by atoms with Crippen molar-refractivity contribution in [3.63, 3.8) is 0 Å². The maximum atomic E-state index is 12.0. The van der Waals surface area contributed by atoms with Crippen LogP contribution in [-0.2, 0) is 4.79 Å². The van der Waals surface area contributed by atoms with E-state index in [-0.39, 0.29) is 19.2 Å². The molecule has 1 aliphatic rings. The summed E-state index contributed by atoms with van der Waals surface area (Å²) in [5.41, 5.74) is 3.54. The summed E-state index contributed by atoms with van der Waals surface area (Å²) in [6.07, 6.45) is 1.48. The third kappa shape index (κ3) is 4.97. The Balaban J connectivity index is 1.44. The van der Waals surface area contributed by atoms with Crippen molar-refractivity contribution in [3.8, 4) is 17.2 Å². The van der Waals surface area contributed by atoms with E-state index in [0.29, 0.717) is 29.4 Å². The zero-order valence-electron chi connectivity index (χ0n) is 14.7. The molecule has 2 amide bonds. The number of ether oxygens (including phenoxy) is 3. The van der Waals surface area contributed by atoms with Gasteiger partial charge in [0.25, 0.3) is 11.8 Å². The van der Waals surface area contributed by atoms with Crippen LogP contribution in [0.25, 0.3) is 0 Å². The highest BCUT2D eigenvalue weighted by Gasteiger charge is 2.12. The summed E-state index contributed by atoms with van der Waals surface area (Å²) in [6.45, 7) is 2.44. The van der Waals surface area contributed by atoms with Crippen molar-refractivity contribution < 1.29 is 23.8 Å². The van der Waals surface area contributed by atoms with Crippen LogP contribution in [0.15, 0.2) is 47.6 Å². The van der Waals surface area contributed by atoms with Crippen LogP contribution in [0.4, 0.5) is 0 Å². The van der Waals surface area contributed by atoms with Gasteiger partial charge in [-0.1, -0.05) is 0 Å². The summed E-state index contributed by atoms with van der Waals surface area (Å²) < 4.78 is 15.8. The maximum Gasteiger partial charge on any atom is 0.259 e. The normalized spacial score (nSPS) is 12.0. The lowest BCUT2D eigenvalue weighted by molar-refractivity contribution is -0.120. The molecule has 8 nitrogen and oxygen atoms in total. The Morgan fingerprint density at radius 3 is 2.70 bits per heavy atom. The SMILES string of the molecule is CCOc1ccc(C(=O)NCC(=O)N/N=C\c2ccc3c(c2)OCO3)cc1. The first kappa shape index (κ1) is 18.2. The average Bonchev–Trinajstić information content (AvgIpc) is 3.15. The van der Waals surface area contributed by atoms with Gasteiger partial charge in [0, 0.05) is 5.56 Å². The molecule has 3 rings (SSSR count). The molecule has 0 saturated carbocycles. The summed E-state index contributed by atoms with van der Waals surface area (Å²) in [7, 11) is 0. The van der Waals surface area contributed by atoms with Gasteiger partial charge in [0.05, 0.1) is 19.4 Å². The summed E-state index contributed by atoms with van der Waals surface area (Å²) >= 11 is 0. The van der Waals surface area contributed by atoms with Crippen LogP contribution in [0, 0.1) is 0 Å². The third-order valence-electron chi connectivity index (χ3n) is 3.64. The molecule has 140 valence electrons. The molecular weight excluding hydrogens is 350 g/mol. The van der Waals surface area contributed by atoms with Crippen molar-refractivity contribution in [2.75, 3.05) is 19.9 Å². The van der Waals surface area contributed by atoms with Gasteiger partial charge in [0.1, 0.15) is 5.75 Å². The molecule has 0 aliphatic carbocycles. The fraction of sp³-hybridized carbons (Fsp3) is 0.211. The third-order valence-corrected chi connectivity index (χ3v) is 3.64. The van der Waals surface area contributed by atoms with Gasteiger partial charge in [-0.05, 0) is 55.0 Å². The first-order valence-corrected chi connectivity index (χ1v) is 8.38. The summed E-state index contributed by atoms with van der Waals surface area (Å²) in [4.78, 5) is 23.8. The molecule has 2 N–H and O–H groups in total. The average molecular weight is 369 g/mol. The van der Waals surface area contributed by atoms with E-state index in [4.69, 9.17) is 14.2 Å². The number of carbonyl (C=O) groups excluding carboxylic acids is 2. The Bertz CT molecular complexity index is 849. The molecule has 0 fully saturated rings. The molecule has 0 saturated heterocycles. The smallest absolute Gasteiger partial charge is 0.259 e. The number of hydrogen-bond acceptors (Lipinski definition) is 6. The predicted molar refractivity (Wildman–Crippen MR) is 98.2 cm³/mol.